The van der Waals surface area contributed by atoms with Crippen LogP contribution in [0.4, 0.5) is 11.4 Å². The summed E-state index contributed by atoms with van der Waals surface area (Å²) >= 11 is 0. The van der Waals surface area contributed by atoms with Crippen molar-refractivity contribution >= 4 is 48.1 Å². The fourth-order valence-electron chi connectivity index (χ4n) is 3.03. The van der Waals surface area contributed by atoms with Gasteiger partial charge in [-0.05, 0) is 30.5 Å². The molecule has 0 saturated heterocycles. The summed E-state index contributed by atoms with van der Waals surface area (Å²) in [5.41, 5.74) is 24.4. The van der Waals surface area contributed by atoms with Gasteiger partial charge >= 0.3 is 0 Å². The third kappa shape index (κ3) is 13.5. The van der Waals surface area contributed by atoms with Crippen LogP contribution in [0, 0.1) is 0 Å². The number of benzene rings is 1. The van der Waals surface area contributed by atoms with Gasteiger partial charge in [-0.3, -0.25) is 0 Å². The van der Waals surface area contributed by atoms with E-state index in [1.165, 1.54) is 57.8 Å². The van der Waals surface area contributed by atoms with Crippen molar-refractivity contribution in [1.82, 2.24) is 0 Å². The molecule has 162 valence electrons. The second-order valence-electron chi connectivity index (χ2n) is 6.82. The minimum absolute atomic E-state index is 0. The Labute approximate surface area is 182 Å². The fourth-order valence-corrected chi connectivity index (χ4v) is 3.03. The van der Waals surface area contributed by atoms with Gasteiger partial charge in [0, 0.05) is 0 Å². The monoisotopic (exact) mass is 432 g/mol. The van der Waals surface area contributed by atoms with E-state index in [1.807, 2.05) is 18.2 Å². The smallest absolute Gasteiger partial charge is 0.191 e. The number of aliphatic imine (C=N–C) groups is 2. The zero-order valence-electron chi connectivity index (χ0n) is 17.0. The van der Waals surface area contributed by atoms with E-state index in [0.29, 0.717) is 5.69 Å². The summed E-state index contributed by atoms with van der Waals surface area (Å²) < 4.78 is 0. The molecule has 0 bridgehead atoms. The molecule has 0 atom stereocenters. The number of unbranched alkanes of at least 4 members (excludes halogenated alkanes) is 9. The Bertz CT molecular complexity index is 582. The van der Waals surface area contributed by atoms with E-state index in [4.69, 9.17) is 22.9 Å². The predicted molar refractivity (Wildman–Crippen MR) is 127 cm³/mol. The lowest BCUT2D eigenvalue weighted by Crippen LogP contribution is -2.22. The zero-order valence-corrected chi connectivity index (χ0v) is 18.7. The number of rotatable bonds is 13. The van der Waals surface area contributed by atoms with Crippen LogP contribution in [-0.2, 0) is 6.42 Å². The molecule has 0 aliphatic carbocycles. The minimum Gasteiger partial charge on any atom is -0.370 e. The molecule has 0 saturated carbocycles. The molecule has 28 heavy (non-hydrogen) atoms. The predicted octanol–water partition coefficient (Wildman–Crippen LogP) is 4.80. The molecule has 0 aliphatic heterocycles. The first-order valence-electron chi connectivity index (χ1n) is 9.85. The summed E-state index contributed by atoms with van der Waals surface area (Å²) in [4.78, 5) is 8.26. The van der Waals surface area contributed by atoms with Crippen LogP contribution in [0.2, 0.25) is 0 Å². The lowest BCUT2D eigenvalue weighted by atomic mass is 10.0. The molecule has 1 rings (SSSR count). The highest BCUT2D eigenvalue weighted by molar-refractivity contribution is 5.85. The minimum atomic E-state index is 0. The van der Waals surface area contributed by atoms with Gasteiger partial charge in [-0.25, -0.2) is 9.98 Å². The summed E-state index contributed by atoms with van der Waals surface area (Å²) in [5, 5.41) is 0. The summed E-state index contributed by atoms with van der Waals surface area (Å²) in [6, 6.07) is 5.69. The first-order chi connectivity index (χ1) is 12.5. The van der Waals surface area contributed by atoms with Crippen molar-refractivity contribution in [2.75, 3.05) is 0 Å². The normalized spacial score (nSPS) is 9.75. The number of guanidine groups is 2. The van der Waals surface area contributed by atoms with E-state index < -0.39 is 0 Å². The molecule has 0 spiro atoms. The van der Waals surface area contributed by atoms with Crippen LogP contribution in [0.25, 0.3) is 0 Å². The molecular formula is C20H38Cl2N6. The maximum absolute atomic E-state index is 5.54. The van der Waals surface area contributed by atoms with E-state index in [2.05, 4.69) is 16.9 Å². The summed E-state index contributed by atoms with van der Waals surface area (Å²) in [5.74, 6) is 0.0549. The standard InChI is InChI=1S/C20H36N6.2ClH/c1-2-3-4-5-6-7-8-9-10-11-12-16-13-14-17(25-19(21)22)15-18(16)26-20(23)24;;/h13-15H,2-12H2,1H3,(H4,21,22,25)(H4,23,24,26);2*1H. The Morgan fingerprint density at radius 3 is 1.71 bits per heavy atom. The van der Waals surface area contributed by atoms with Crippen molar-refractivity contribution in [1.29, 1.82) is 0 Å². The van der Waals surface area contributed by atoms with Crippen molar-refractivity contribution in [3.63, 3.8) is 0 Å². The van der Waals surface area contributed by atoms with E-state index in [-0.39, 0.29) is 36.7 Å². The summed E-state index contributed by atoms with van der Waals surface area (Å²) in [6.07, 6.45) is 14.1. The molecular weight excluding hydrogens is 395 g/mol. The maximum atomic E-state index is 5.54. The maximum Gasteiger partial charge on any atom is 0.191 e. The van der Waals surface area contributed by atoms with E-state index in [9.17, 15) is 0 Å². The Morgan fingerprint density at radius 1 is 0.714 bits per heavy atom. The van der Waals surface area contributed by atoms with Gasteiger partial charge in [0.2, 0.25) is 0 Å². The lowest BCUT2D eigenvalue weighted by molar-refractivity contribution is 0.556. The van der Waals surface area contributed by atoms with Gasteiger partial charge in [-0.1, -0.05) is 70.8 Å². The molecule has 8 heteroatoms. The van der Waals surface area contributed by atoms with Gasteiger partial charge in [-0.2, -0.15) is 0 Å². The van der Waals surface area contributed by atoms with Crippen molar-refractivity contribution in [3.05, 3.63) is 23.8 Å². The van der Waals surface area contributed by atoms with E-state index in [1.54, 1.807) is 0 Å². The molecule has 1 aromatic carbocycles. The molecule has 0 fully saturated rings. The molecule has 0 amide bonds. The first-order valence-corrected chi connectivity index (χ1v) is 9.85. The van der Waals surface area contributed by atoms with Crippen LogP contribution in [0.15, 0.2) is 28.2 Å². The number of hydrogen-bond donors (Lipinski definition) is 4. The van der Waals surface area contributed by atoms with Crippen molar-refractivity contribution < 1.29 is 0 Å². The number of halogens is 2. The van der Waals surface area contributed by atoms with Gasteiger partial charge in [0.25, 0.3) is 0 Å². The van der Waals surface area contributed by atoms with Gasteiger partial charge in [0.15, 0.2) is 11.9 Å². The van der Waals surface area contributed by atoms with Gasteiger partial charge < -0.3 is 22.9 Å². The highest BCUT2D eigenvalue weighted by atomic mass is 35.5. The Morgan fingerprint density at radius 2 is 1.21 bits per heavy atom. The molecule has 0 heterocycles. The van der Waals surface area contributed by atoms with Crippen LogP contribution in [-0.4, -0.2) is 11.9 Å². The molecule has 0 aliphatic rings. The molecule has 1 aromatic rings. The van der Waals surface area contributed by atoms with Crippen LogP contribution < -0.4 is 22.9 Å². The van der Waals surface area contributed by atoms with E-state index >= 15 is 0 Å². The van der Waals surface area contributed by atoms with Gasteiger partial charge in [0.05, 0.1) is 11.4 Å². The fraction of sp³-hybridized carbons (Fsp3) is 0.600. The van der Waals surface area contributed by atoms with Crippen LogP contribution in [0.5, 0.6) is 0 Å². The third-order valence-corrected chi connectivity index (χ3v) is 4.38. The summed E-state index contributed by atoms with van der Waals surface area (Å²) in [7, 11) is 0. The molecule has 0 radical (unpaired) electrons. The molecule has 0 unspecified atom stereocenters. The highest BCUT2D eigenvalue weighted by Gasteiger charge is 2.04. The Hall–Kier alpha value is -1.66. The second-order valence-corrected chi connectivity index (χ2v) is 6.82. The number of nitrogens with two attached hydrogens (primary N) is 4. The molecule has 6 nitrogen and oxygen atoms in total. The van der Waals surface area contributed by atoms with Crippen molar-refractivity contribution in [2.45, 2.75) is 77.6 Å². The summed E-state index contributed by atoms with van der Waals surface area (Å²) in [6.45, 7) is 2.26. The average molecular weight is 433 g/mol. The lowest BCUT2D eigenvalue weighted by Gasteiger charge is -2.08. The Balaban J connectivity index is 0. The quantitative estimate of drug-likeness (QED) is 0.202. The topological polar surface area (TPSA) is 129 Å². The van der Waals surface area contributed by atoms with Crippen molar-refractivity contribution in [2.24, 2.45) is 32.9 Å². The van der Waals surface area contributed by atoms with Gasteiger partial charge in [-0.15, -0.1) is 24.8 Å². The second kappa shape index (κ2) is 17.4. The SMILES string of the molecule is CCCCCCCCCCCCc1ccc(N=C(N)N)cc1N=C(N)N.Cl.Cl. The van der Waals surface area contributed by atoms with Crippen molar-refractivity contribution in [3.8, 4) is 0 Å². The molecule has 8 N–H and O–H groups in total. The average Bonchev–Trinajstić information content (AvgIpc) is 2.57. The van der Waals surface area contributed by atoms with E-state index in [0.717, 1.165) is 24.1 Å². The van der Waals surface area contributed by atoms with Crippen LogP contribution >= 0.6 is 24.8 Å². The van der Waals surface area contributed by atoms with Crippen LogP contribution in [0.3, 0.4) is 0 Å². The zero-order chi connectivity index (χ0) is 19.2. The largest absolute Gasteiger partial charge is 0.370 e. The number of aryl methyl sites for hydroxylation is 1. The highest BCUT2D eigenvalue weighted by Crippen LogP contribution is 2.27. The molecule has 0 aromatic heterocycles. The van der Waals surface area contributed by atoms with Gasteiger partial charge in [0.1, 0.15) is 0 Å². The third-order valence-electron chi connectivity index (χ3n) is 4.38. The Kier molecular flexibility index (Phi) is 17.8. The number of nitrogens with zero attached hydrogens (tertiary/aromatic N) is 2. The number of hydrogen-bond acceptors (Lipinski definition) is 2. The van der Waals surface area contributed by atoms with Crippen LogP contribution in [0.1, 0.15) is 76.7 Å². The first kappa shape index (κ1) is 28.5.